The van der Waals surface area contributed by atoms with Crippen LogP contribution in [0.1, 0.15) is 5.56 Å². The van der Waals surface area contributed by atoms with E-state index in [1.165, 1.54) is 25.9 Å². The van der Waals surface area contributed by atoms with Crippen LogP contribution in [0.5, 0.6) is 5.88 Å². The lowest BCUT2D eigenvalue weighted by Crippen LogP contribution is -2.39. The summed E-state index contributed by atoms with van der Waals surface area (Å²) in [5.41, 5.74) is -0.677. The number of hydrogen-bond acceptors (Lipinski definition) is 5. The summed E-state index contributed by atoms with van der Waals surface area (Å²) in [6, 6.07) is 6.74. The molecule has 0 spiro atoms. The third-order valence-electron chi connectivity index (χ3n) is 3.24. The van der Waals surface area contributed by atoms with Crippen LogP contribution in [0.2, 0.25) is 5.02 Å². The molecular formula is C16H16ClN3O3S. The van der Waals surface area contributed by atoms with Crippen LogP contribution in [0, 0.1) is 0 Å². The van der Waals surface area contributed by atoms with Gasteiger partial charge in [0.2, 0.25) is 5.88 Å². The number of halogens is 1. The van der Waals surface area contributed by atoms with E-state index in [1.54, 1.807) is 30.3 Å². The molecule has 2 aromatic rings. The van der Waals surface area contributed by atoms with Crippen molar-refractivity contribution in [3.8, 4) is 5.88 Å². The Bertz CT molecular complexity index is 914. The predicted octanol–water partition coefficient (Wildman–Crippen LogP) is 2.44. The SMILES string of the molecule is C=CCSC(=Nc1ccc(Cl)cc1)c1c(O)n(C)c(=O)n(C)c1=O. The molecule has 2 rings (SSSR count). The van der Waals surface area contributed by atoms with Crippen molar-refractivity contribution in [3.63, 3.8) is 0 Å². The lowest BCUT2D eigenvalue weighted by Gasteiger charge is -2.11. The van der Waals surface area contributed by atoms with Gasteiger partial charge in [0.25, 0.3) is 5.56 Å². The molecule has 0 bridgehead atoms. The summed E-state index contributed by atoms with van der Waals surface area (Å²) < 4.78 is 1.93. The fourth-order valence-electron chi connectivity index (χ4n) is 1.95. The van der Waals surface area contributed by atoms with Crippen molar-refractivity contribution < 1.29 is 5.11 Å². The molecule has 8 heteroatoms. The Morgan fingerprint density at radius 1 is 1.29 bits per heavy atom. The third-order valence-corrected chi connectivity index (χ3v) is 4.47. The van der Waals surface area contributed by atoms with Gasteiger partial charge < -0.3 is 5.11 Å². The average molecular weight is 366 g/mol. The number of aromatic hydroxyl groups is 1. The van der Waals surface area contributed by atoms with Crippen molar-refractivity contribution in [2.24, 2.45) is 19.1 Å². The van der Waals surface area contributed by atoms with Gasteiger partial charge in [-0.25, -0.2) is 9.79 Å². The monoisotopic (exact) mass is 365 g/mol. The van der Waals surface area contributed by atoms with E-state index in [1.807, 2.05) is 0 Å². The second-order valence-electron chi connectivity index (χ2n) is 4.90. The fourth-order valence-corrected chi connectivity index (χ4v) is 2.85. The van der Waals surface area contributed by atoms with E-state index >= 15 is 0 Å². The van der Waals surface area contributed by atoms with Gasteiger partial charge >= 0.3 is 5.69 Å². The molecule has 0 radical (unpaired) electrons. The lowest BCUT2D eigenvalue weighted by molar-refractivity contribution is 0.410. The molecule has 0 aliphatic heterocycles. The molecule has 0 unspecified atom stereocenters. The number of thioether (sulfide) groups is 1. The van der Waals surface area contributed by atoms with Crippen LogP contribution in [0.4, 0.5) is 5.69 Å². The topological polar surface area (TPSA) is 76.6 Å². The zero-order chi connectivity index (χ0) is 17.9. The smallest absolute Gasteiger partial charge is 0.333 e. The molecule has 1 aromatic carbocycles. The van der Waals surface area contributed by atoms with Gasteiger partial charge in [0.05, 0.1) is 5.69 Å². The number of nitrogens with zero attached hydrogens (tertiary/aromatic N) is 3. The molecule has 0 atom stereocenters. The molecule has 0 aliphatic rings. The largest absolute Gasteiger partial charge is 0.494 e. The Morgan fingerprint density at radius 3 is 2.50 bits per heavy atom. The van der Waals surface area contributed by atoms with Crippen molar-refractivity contribution in [1.29, 1.82) is 0 Å². The first-order chi connectivity index (χ1) is 11.4. The molecule has 0 aliphatic carbocycles. The van der Waals surface area contributed by atoms with Crippen LogP contribution in [-0.2, 0) is 14.1 Å². The molecule has 24 heavy (non-hydrogen) atoms. The summed E-state index contributed by atoms with van der Waals surface area (Å²) in [5.74, 6) is 0.0603. The first-order valence-electron chi connectivity index (χ1n) is 6.94. The maximum Gasteiger partial charge on any atom is 0.333 e. The summed E-state index contributed by atoms with van der Waals surface area (Å²) in [4.78, 5) is 28.8. The molecule has 0 saturated heterocycles. The molecule has 1 heterocycles. The lowest BCUT2D eigenvalue weighted by atomic mass is 10.3. The van der Waals surface area contributed by atoms with Gasteiger partial charge in [0, 0.05) is 24.9 Å². The first kappa shape index (κ1) is 18.1. The van der Waals surface area contributed by atoms with E-state index in [4.69, 9.17) is 11.6 Å². The van der Waals surface area contributed by atoms with Crippen LogP contribution in [0.3, 0.4) is 0 Å². The average Bonchev–Trinajstić information content (AvgIpc) is 2.58. The van der Waals surface area contributed by atoms with Crippen molar-refractivity contribution in [2.45, 2.75) is 0 Å². The minimum Gasteiger partial charge on any atom is -0.494 e. The van der Waals surface area contributed by atoms with Crippen LogP contribution in [0.15, 0.2) is 51.5 Å². The number of rotatable bonds is 4. The van der Waals surface area contributed by atoms with E-state index in [0.717, 1.165) is 9.13 Å². The van der Waals surface area contributed by atoms with Crippen molar-refractivity contribution in [1.82, 2.24) is 9.13 Å². The third kappa shape index (κ3) is 3.63. The fraction of sp³-hybridized carbons (Fsp3) is 0.188. The van der Waals surface area contributed by atoms with E-state index in [-0.39, 0.29) is 5.56 Å². The summed E-state index contributed by atoms with van der Waals surface area (Å²) in [5, 5.41) is 11.1. The molecular weight excluding hydrogens is 350 g/mol. The van der Waals surface area contributed by atoms with Crippen LogP contribution >= 0.6 is 23.4 Å². The second kappa shape index (κ2) is 7.55. The zero-order valence-corrected chi connectivity index (χ0v) is 14.8. The minimum atomic E-state index is -0.611. The molecule has 1 N–H and O–H groups in total. The highest BCUT2D eigenvalue weighted by Crippen LogP contribution is 2.24. The van der Waals surface area contributed by atoms with Crippen molar-refractivity contribution in [3.05, 3.63) is 68.3 Å². The zero-order valence-electron chi connectivity index (χ0n) is 13.2. The minimum absolute atomic E-state index is 0.0265. The normalized spacial score (nSPS) is 11.5. The maximum atomic E-state index is 12.5. The van der Waals surface area contributed by atoms with E-state index in [0.29, 0.717) is 21.5 Å². The Labute approximate surface area is 147 Å². The quantitative estimate of drug-likeness (QED) is 0.513. The summed E-state index contributed by atoms with van der Waals surface area (Å²) in [6.45, 7) is 3.64. The van der Waals surface area contributed by atoms with E-state index < -0.39 is 17.1 Å². The van der Waals surface area contributed by atoms with Gasteiger partial charge in [-0.3, -0.25) is 13.9 Å². The maximum absolute atomic E-state index is 12.5. The number of benzene rings is 1. The highest BCUT2D eigenvalue weighted by Gasteiger charge is 2.20. The van der Waals surface area contributed by atoms with Gasteiger partial charge in [-0.15, -0.1) is 18.3 Å². The molecule has 126 valence electrons. The van der Waals surface area contributed by atoms with Crippen molar-refractivity contribution >= 4 is 34.1 Å². The Hall–Kier alpha value is -2.25. The van der Waals surface area contributed by atoms with E-state index in [2.05, 4.69) is 11.6 Å². The van der Waals surface area contributed by atoms with Gasteiger partial charge in [-0.05, 0) is 24.3 Å². The first-order valence-corrected chi connectivity index (χ1v) is 8.30. The van der Waals surface area contributed by atoms with E-state index in [9.17, 15) is 14.7 Å². The van der Waals surface area contributed by atoms with Crippen LogP contribution < -0.4 is 11.2 Å². The van der Waals surface area contributed by atoms with Crippen molar-refractivity contribution in [2.75, 3.05) is 5.75 Å². The summed E-state index contributed by atoms with van der Waals surface area (Å²) in [7, 11) is 2.74. The van der Waals surface area contributed by atoms with Gasteiger partial charge in [-0.2, -0.15) is 0 Å². The number of hydrogen-bond donors (Lipinski definition) is 1. The van der Waals surface area contributed by atoms with Gasteiger partial charge in [0.1, 0.15) is 10.6 Å². The number of aliphatic imine (C=N–C) groups is 1. The molecule has 0 saturated carbocycles. The van der Waals surface area contributed by atoms with Gasteiger partial charge in [-0.1, -0.05) is 17.7 Å². The van der Waals surface area contributed by atoms with Crippen LogP contribution in [-0.4, -0.2) is 25.0 Å². The highest BCUT2D eigenvalue weighted by molar-refractivity contribution is 8.14. The highest BCUT2D eigenvalue weighted by atomic mass is 35.5. The Balaban J connectivity index is 2.70. The Kier molecular flexibility index (Phi) is 5.69. The molecule has 1 aromatic heterocycles. The standard InChI is InChI=1S/C16H16ClN3O3S/c1-4-9-24-13(18-11-7-5-10(17)6-8-11)12-14(21)19(2)16(23)20(3)15(12)22/h4-8,21H,1,9H2,2-3H3. The summed E-state index contributed by atoms with van der Waals surface area (Å²) >= 11 is 7.10. The predicted molar refractivity (Wildman–Crippen MR) is 98.9 cm³/mol. The Morgan fingerprint density at radius 2 is 1.92 bits per heavy atom. The summed E-state index contributed by atoms with van der Waals surface area (Å²) in [6.07, 6.45) is 1.66. The number of aromatic nitrogens is 2. The molecule has 6 nitrogen and oxygen atoms in total. The second-order valence-corrected chi connectivity index (χ2v) is 6.34. The van der Waals surface area contributed by atoms with Gasteiger partial charge in [0.15, 0.2) is 0 Å². The molecule has 0 amide bonds. The molecule has 0 fully saturated rings. The van der Waals surface area contributed by atoms with Crippen LogP contribution in [0.25, 0.3) is 0 Å².